The summed E-state index contributed by atoms with van der Waals surface area (Å²) in [7, 11) is 0. The highest BCUT2D eigenvalue weighted by Gasteiger charge is 2.19. The van der Waals surface area contributed by atoms with Crippen LogP contribution in [0.15, 0.2) is 60.8 Å². The van der Waals surface area contributed by atoms with Crippen molar-refractivity contribution in [2.45, 2.75) is 19.4 Å². The zero-order chi connectivity index (χ0) is 17.8. The molecular weight excluding hydrogens is 344 g/mol. The number of fused-ring (bicyclic) bond motifs is 1. The molecule has 0 N–H and O–H groups in total. The van der Waals surface area contributed by atoms with Crippen molar-refractivity contribution in [2.75, 3.05) is 26.2 Å². The highest BCUT2D eigenvalue weighted by Crippen LogP contribution is 2.22. The molecule has 0 spiro atoms. The molecule has 0 saturated carbocycles. The van der Waals surface area contributed by atoms with Crippen LogP contribution in [0.5, 0.6) is 5.75 Å². The standard InChI is InChI=1S/C22H25ClN2O/c23-20-7-6-19-10-13-25(22(19)16-20)15-14-24-11-8-18(9-12-24)17-26-21-4-2-1-3-5-21/h1-7,10,13,16,18H,8-9,11-12,14-15,17H2. The molecule has 4 heteroatoms. The van der Waals surface area contributed by atoms with Crippen molar-refractivity contribution in [3.63, 3.8) is 0 Å². The Morgan fingerprint density at radius 1 is 0.962 bits per heavy atom. The minimum atomic E-state index is 0.665. The monoisotopic (exact) mass is 368 g/mol. The van der Waals surface area contributed by atoms with E-state index in [4.69, 9.17) is 16.3 Å². The molecule has 0 aliphatic carbocycles. The van der Waals surface area contributed by atoms with Crippen LogP contribution in [0.1, 0.15) is 12.8 Å². The first-order valence-electron chi connectivity index (χ1n) is 9.42. The second-order valence-corrected chi connectivity index (χ2v) is 7.56. The van der Waals surface area contributed by atoms with Crippen molar-refractivity contribution in [1.29, 1.82) is 0 Å². The first-order chi connectivity index (χ1) is 12.8. The number of piperidine rings is 1. The van der Waals surface area contributed by atoms with Crippen molar-refractivity contribution >= 4 is 22.5 Å². The van der Waals surface area contributed by atoms with Crippen LogP contribution in [0, 0.1) is 5.92 Å². The number of ether oxygens (including phenoxy) is 1. The first-order valence-corrected chi connectivity index (χ1v) is 9.80. The number of hydrogen-bond acceptors (Lipinski definition) is 2. The number of benzene rings is 2. The van der Waals surface area contributed by atoms with Crippen LogP contribution in [0.25, 0.3) is 10.9 Å². The van der Waals surface area contributed by atoms with Crippen LogP contribution in [-0.2, 0) is 6.54 Å². The Morgan fingerprint density at radius 3 is 2.58 bits per heavy atom. The van der Waals surface area contributed by atoms with Gasteiger partial charge >= 0.3 is 0 Å². The Balaban J connectivity index is 1.24. The lowest BCUT2D eigenvalue weighted by molar-refractivity contribution is 0.139. The highest BCUT2D eigenvalue weighted by molar-refractivity contribution is 6.31. The zero-order valence-corrected chi connectivity index (χ0v) is 15.7. The van der Waals surface area contributed by atoms with Crippen LogP contribution in [0.2, 0.25) is 5.02 Å². The van der Waals surface area contributed by atoms with E-state index >= 15 is 0 Å². The van der Waals surface area contributed by atoms with Gasteiger partial charge in [-0.15, -0.1) is 0 Å². The van der Waals surface area contributed by atoms with Crippen molar-refractivity contribution in [2.24, 2.45) is 5.92 Å². The molecule has 1 saturated heterocycles. The quantitative estimate of drug-likeness (QED) is 0.603. The van der Waals surface area contributed by atoms with E-state index in [0.29, 0.717) is 5.92 Å². The molecule has 26 heavy (non-hydrogen) atoms. The minimum absolute atomic E-state index is 0.665. The molecule has 1 aliphatic heterocycles. The van der Waals surface area contributed by atoms with Gasteiger partial charge in [0, 0.05) is 29.8 Å². The average Bonchev–Trinajstić information content (AvgIpc) is 3.08. The molecule has 0 radical (unpaired) electrons. The van der Waals surface area contributed by atoms with Crippen LogP contribution in [0.3, 0.4) is 0 Å². The van der Waals surface area contributed by atoms with Crippen LogP contribution in [-0.4, -0.2) is 35.7 Å². The largest absolute Gasteiger partial charge is 0.493 e. The third kappa shape index (κ3) is 4.22. The number of para-hydroxylation sites is 1. The van der Waals surface area contributed by atoms with E-state index < -0.39 is 0 Å². The molecule has 4 rings (SSSR count). The van der Waals surface area contributed by atoms with E-state index in [1.54, 1.807) is 0 Å². The van der Waals surface area contributed by atoms with E-state index in [0.717, 1.165) is 43.6 Å². The summed E-state index contributed by atoms with van der Waals surface area (Å²) in [6.07, 6.45) is 4.59. The molecule has 2 heterocycles. The number of rotatable bonds is 6. The van der Waals surface area contributed by atoms with Gasteiger partial charge in [0.2, 0.25) is 0 Å². The van der Waals surface area contributed by atoms with Gasteiger partial charge in [-0.05, 0) is 67.6 Å². The SMILES string of the molecule is Clc1ccc2ccn(CCN3CCC(COc4ccccc4)CC3)c2c1. The number of aromatic nitrogens is 1. The molecule has 1 aliphatic rings. The van der Waals surface area contributed by atoms with Gasteiger partial charge in [0.25, 0.3) is 0 Å². The number of halogens is 1. The van der Waals surface area contributed by atoms with Crippen LogP contribution in [0.4, 0.5) is 0 Å². The maximum atomic E-state index is 6.15. The number of likely N-dealkylation sites (tertiary alicyclic amines) is 1. The third-order valence-electron chi connectivity index (χ3n) is 5.33. The van der Waals surface area contributed by atoms with Crippen molar-refractivity contribution < 1.29 is 4.74 Å². The second kappa shape index (κ2) is 8.15. The fourth-order valence-electron chi connectivity index (χ4n) is 3.71. The maximum absolute atomic E-state index is 6.15. The Morgan fingerprint density at radius 2 is 1.77 bits per heavy atom. The fourth-order valence-corrected chi connectivity index (χ4v) is 3.88. The lowest BCUT2D eigenvalue weighted by Crippen LogP contribution is -2.37. The maximum Gasteiger partial charge on any atom is 0.119 e. The van der Waals surface area contributed by atoms with Gasteiger partial charge in [0.15, 0.2) is 0 Å². The summed E-state index contributed by atoms with van der Waals surface area (Å²) in [6.45, 7) is 5.24. The van der Waals surface area contributed by atoms with Gasteiger partial charge in [0.05, 0.1) is 6.61 Å². The topological polar surface area (TPSA) is 17.4 Å². The summed E-state index contributed by atoms with van der Waals surface area (Å²) in [5, 5.41) is 2.06. The summed E-state index contributed by atoms with van der Waals surface area (Å²) in [6, 6.07) is 18.4. The van der Waals surface area contributed by atoms with E-state index in [1.807, 2.05) is 36.4 Å². The second-order valence-electron chi connectivity index (χ2n) is 7.12. The molecule has 1 aromatic heterocycles. The lowest BCUT2D eigenvalue weighted by atomic mass is 9.98. The minimum Gasteiger partial charge on any atom is -0.493 e. The molecule has 1 fully saturated rings. The summed E-state index contributed by atoms with van der Waals surface area (Å²) in [5.41, 5.74) is 1.23. The summed E-state index contributed by atoms with van der Waals surface area (Å²) in [4.78, 5) is 2.56. The number of hydrogen-bond donors (Lipinski definition) is 0. The van der Waals surface area contributed by atoms with E-state index in [-0.39, 0.29) is 0 Å². The predicted octanol–water partition coefficient (Wildman–Crippen LogP) is 5.09. The highest BCUT2D eigenvalue weighted by atomic mass is 35.5. The average molecular weight is 369 g/mol. The molecule has 2 aromatic carbocycles. The third-order valence-corrected chi connectivity index (χ3v) is 5.56. The number of nitrogens with zero attached hydrogens (tertiary/aromatic N) is 2. The Labute approximate surface area is 160 Å². The summed E-state index contributed by atoms with van der Waals surface area (Å²) >= 11 is 6.15. The Hall–Kier alpha value is -1.97. The first kappa shape index (κ1) is 17.4. The lowest BCUT2D eigenvalue weighted by Gasteiger charge is -2.32. The van der Waals surface area contributed by atoms with Crippen molar-refractivity contribution in [3.05, 3.63) is 65.8 Å². The normalized spacial score (nSPS) is 16.2. The van der Waals surface area contributed by atoms with E-state index in [9.17, 15) is 0 Å². The van der Waals surface area contributed by atoms with Crippen molar-refractivity contribution in [1.82, 2.24) is 9.47 Å². The van der Waals surface area contributed by atoms with Gasteiger partial charge in [-0.3, -0.25) is 0 Å². The van der Waals surface area contributed by atoms with Gasteiger partial charge in [-0.25, -0.2) is 0 Å². The van der Waals surface area contributed by atoms with Gasteiger partial charge in [-0.2, -0.15) is 0 Å². The Bertz CT molecular complexity index is 838. The zero-order valence-electron chi connectivity index (χ0n) is 15.0. The predicted molar refractivity (Wildman–Crippen MR) is 108 cm³/mol. The molecule has 0 bridgehead atoms. The van der Waals surface area contributed by atoms with E-state index in [2.05, 4.69) is 33.9 Å². The van der Waals surface area contributed by atoms with Gasteiger partial charge in [-0.1, -0.05) is 35.9 Å². The summed E-state index contributed by atoms with van der Waals surface area (Å²) in [5.74, 6) is 1.64. The fraction of sp³-hybridized carbons (Fsp3) is 0.364. The van der Waals surface area contributed by atoms with Crippen LogP contribution >= 0.6 is 11.6 Å². The molecule has 136 valence electrons. The van der Waals surface area contributed by atoms with Crippen LogP contribution < -0.4 is 4.74 Å². The summed E-state index contributed by atoms with van der Waals surface area (Å²) < 4.78 is 8.24. The molecule has 3 aromatic rings. The smallest absolute Gasteiger partial charge is 0.119 e. The molecule has 3 nitrogen and oxygen atoms in total. The molecule has 0 atom stereocenters. The van der Waals surface area contributed by atoms with Gasteiger partial charge < -0.3 is 14.2 Å². The Kier molecular flexibility index (Phi) is 5.47. The van der Waals surface area contributed by atoms with E-state index in [1.165, 1.54) is 23.7 Å². The molecule has 0 amide bonds. The molecular formula is C22H25ClN2O. The van der Waals surface area contributed by atoms with Crippen molar-refractivity contribution in [3.8, 4) is 5.75 Å². The van der Waals surface area contributed by atoms with Gasteiger partial charge in [0.1, 0.15) is 5.75 Å². The molecule has 0 unspecified atom stereocenters.